The van der Waals surface area contributed by atoms with Crippen molar-refractivity contribution in [2.24, 2.45) is 11.8 Å². The van der Waals surface area contributed by atoms with Crippen LogP contribution in [-0.2, 0) is 0 Å². The summed E-state index contributed by atoms with van der Waals surface area (Å²) in [6.45, 7) is 14.9. The van der Waals surface area contributed by atoms with Crippen LogP contribution in [0.15, 0.2) is 0 Å². The molecule has 0 amide bonds. The minimum Gasteiger partial charge on any atom is -0.314 e. The number of piperidine rings is 1. The Morgan fingerprint density at radius 3 is 2.32 bits per heavy atom. The Balaban J connectivity index is 1.53. The minimum atomic E-state index is 0.823. The van der Waals surface area contributed by atoms with Crippen LogP contribution in [0.5, 0.6) is 0 Å². The van der Waals surface area contributed by atoms with Gasteiger partial charge in [0.2, 0.25) is 0 Å². The number of piperazine rings is 1. The van der Waals surface area contributed by atoms with Crippen LogP contribution in [0.4, 0.5) is 0 Å². The van der Waals surface area contributed by atoms with E-state index in [0.29, 0.717) is 0 Å². The van der Waals surface area contributed by atoms with Crippen LogP contribution in [0.3, 0.4) is 0 Å². The Labute approximate surface area is 119 Å². The number of nitrogens with one attached hydrogen (secondary N) is 1. The predicted octanol–water partition coefficient (Wildman–Crippen LogP) is 2.04. The fourth-order valence-corrected chi connectivity index (χ4v) is 3.51. The van der Waals surface area contributed by atoms with Crippen molar-refractivity contribution in [2.45, 2.75) is 39.5 Å². The molecule has 112 valence electrons. The van der Waals surface area contributed by atoms with Gasteiger partial charge in [-0.25, -0.2) is 0 Å². The second-order valence-electron chi connectivity index (χ2n) is 6.87. The van der Waals surface area contributed by atoms with Crippen molar-refractivity contribution in [3.05, 3.63) is 0 Å². The summed E-state index contributed by atoms with van der Waals surface area (Å²) < 4.78 is 0. The van der Waals surface area contributed by atoms with Crippen molar-refractivity contribution in [2.75, 3.05) is 52.4 Å². The maximum absolute atomic E-state index is 3.43. The highest BCUT2D eigenvalue weighted by molar-refractivity contribution is 4.74. The van der Waals surface area contributed by atoms with Crippen molar-refractivity contribution in [1.29, 1.82) is 0 Å². The molecule has 0 atom stereocenters. The fourth-order valence-electron chi connectivity index (χ4n) is 3.51. The lowest BCUT2D eigenvalue weighted by molar-refractivity contribution is 0.157. The summed E-state index contributed by atoms with van der Waals surface area (Å²) in [4.78, 5) is 5.29. The van der Waals surface area contributed by atoms with Gasteiger partial charge >= 0.3 is 0 Å². The Morgan fingerprint density at radius 1 is 1.00 bits per heavy atom. The van der Waals surface area contributed by atoms with Crippen molar-refractivity contribution >= 4 is 0 Å². The van der Waals surface area contributed by atoms with E-state index in [2.05, 4.69) is 29.0 Å². The van der Waals surface area contributed by atoms with Gasteiger partial charge in [-0.05, 0) is 57.2 Å². The Kier molecular flexibility index (Phi) is 6.62. The van der Waals surface area contributed by atoms with E-state index in [1.165, 1.54) is 78.0 Å². The zero-order valence-corrected chi connectivity index (χ0v) is 13.0. The van der Waals surface area contributed by atoms with Crippen LogP contribution in [0.1, 0.15) is 39.5 Å². The number of likely N-dealkylation sites (tertiary alicyclic amines) is 1. The molecule has 0 spiro atoms. The first-order valence-electron chi connectivity index (χ1n) is 8.39. The highest BCUT2D eigenvalue weighted by atomic mass is 15.2. The van der Waals surface area contributed by atoms with Crippen molar-refractivity contribution in [1.82, 2.24) is 15.1 Å². The molecule has 2 rings (SSSR count). The third kappa shape index (κ3) is 5.80. The molecule has 3 heteroatoms. The molecule has 0 unspecified atom stereocenters. The van der Waals surface area contributed by atoms with E-state index >= 15 is 0 Å². The van der Waals surface area contributed by atoms with Crippen LogP contribution >= 0.6 is 0 Å². The summed E-state index contributed by atoms with van der Waals surface area (Å²) in [6.07, 6.45) is 5.75. The zero-order chi connectivity index (χ0) is 13.5. The Morgan fingerprint density at radius 2 is 1.68 bits per heavy atom. The summed E-state index contributed by atoms with van der Waals surface area (Å²) in [5, 5.41) is 3.43. The number of hydrogen-bond donors (Lipinski definition) is 1. The summed E-state index contributed by atoms with van der Waals surface area (Å²) in [5.74, 6) is 1.83. The van der Waals surface area contributed by atoms with Crippen LogP contribution < -0.4 is 5.32 Å². The molecule has 2 heterocycles. The number of hydrogen-bond acceptors (Lipinski definition) is 3. The van der Waals surface area contributed by atoms with Crippen molar-refractivity contribution < 1.29 is 0 Å². The second-order valence-corrected chi connectivity index (χ2v) is 6.87. The van der Waals surface area contributed by atoms with Crippen LogP contribution in [-0.4, -0.2) is 62.2 Å². The molecule has 19 heavy (non-hydrogen) atoms. The molecule has 1 N–H and O–H groups in total. The molecule has 0 saturated carbocycles. The lowest BCUT2D eigenvalue weighted by Crippen LogP contribution is -2.43. The van der Waals surface area contributed by atoms with E-state index in [1.54, 1.807) is 0 Å². The fraction of sp³-hybridized carbons (Fsp3) is 1.00. The minimum absolute atomic E-state index is 0.823. The standard InChI is InChI=1S/C16H33N3/c1-15(2)14-19-10-5-16(6-11-19)4-3-9-18-12-7-17-8-13-18/h15-17H,3-14H2,1-2H3. The van der Waals surface area contributed by atoms with Gasteiger partial charge in [0.1, 0.15) is 0 Å². The van der Waals surface area contributed by atoms with E-state index in [9.17, 15) is 0 Å². The van der Waals surface area contributed by atoms with E-state index in [4.69, 9.17) is 0 Å². The van der Waals surface area contributed by atoms with Gasteiger partial charge in [0.15, 0.2) is 0 Å². The van der Waals surface area contributed by atoms with E-state index in [-0.39, 0.29) is 0 Å². The number of nitrogens with zero attached hydrogens (tertiary/aromatic N) is 2. The third-order valence-electron chi connectivity index (χ3n) is 4.63. The molecule has 0 bridgehead atoms. The van der Waals surface area contributed by atoms with Crippen molar-refractivity contribution in [3.63, 3.8) is 0 Å². The molecule has 0 aromatic heterocycles. The Bertz CT molecular complexity index is 228. The normalized spacial score (nSPS) is 24.2. The average molecular weight is 267 g/mol. The second kappa shape index (κ2) is 8.23. The smallest absolute Gasteiger partial charge is 0.0107 e. The highest BCUT2D eigenvalue weighted by Crippen LogP contribution is 2.22. The molecule has 2 saturated heterocycles. The molecule has 0 radical (unpaired) electrons. The molecular weight excluding hydrogens is 234 g/mol. The maximum Gasteiger partial charge on any atom is 0.0107 e. The zero-order valence-electron chi connectivity index (χ0n) is 13.0. The summed E-state index contributed by atoms with van der Waals surface area (Å²) in [5.41, 5.74) is 0. The molecule has 2 fully saturated rings. The number of rotatable bonds is 6. The molecule has 3 nitrogen and oxygen atoms in total. The first kappa shape index (κ1) is 15.3. The average Bonchev–Trinajstić information content (AvgIpc) is 2.41. The maximum atomic E-state index is 3.43. The molecule has 2 aliphatic heterocycles. The topological polar surface area (TPSA) is 18.5 Å². The van der Waals surface area contributed by atoms with Gasteiger partial charge in [-0.3, -0.25) is 0 Å². The van der Waals surface area contributed by atoms with Crippen LogP contribution in [0.25, 0.3) is 0 Å². The van der Waals surface area contributed by atoms with Gasteiger partial charge in [-0.1, -0.05) is 13.8 Å². The summed E-state index contributed by atoms with van der Waals surface area (Å²) >= 11 is 0. The van der Waals surface area contributed by atoms with Gasteiger partial charge in [0.25, 0.3) is 0 Å². The SMILES string of the molecule is CC(C)CN1CCC(CCCN2CCNCC2)CC1. The van der Waals surface area contributed by atoms with Gasteiger partial charge in [-0.2, -0.15) is 0 Å². The monoisotopic (exact) mass is 267 g/mol. The molecule has 2 aliphatic rings. The third-order valence-corrected chi connectivity index (χ3v) is 4.63. The van der Waals surface area contributed by atoms with E-state index in [1.807, 2.05) is 0 Å². The summed E-state index contributed by atoms with van der Waals surface area (Å²) in [7, 11) is 0. The van der Waals surface area contributed by atoms with Crippen LogP contribution in [0.2, 0.25) is 0 Å². The molecule has 0 aromatic rings. The Hall–Kier alpha value is -0.120. The molecule has 0 aliphatic carbocycles. The lowest BCUT2D eigenvalue weighted by Gasteiger charge is -2.33. The van der Waals surface area contributed by atoms with Gasteiger partial charge in [0, 0.05) is 32.7 Å². The molecular formula is C16H33N3. The van der Waals surface area contributed by atoms with Crippen molar-refractivity contribution in [3.8, 4) is 0 Å². The van der Waals surface area contributed by atoms with Crippen LogP contribution in [0, 0.1) is 11.8 Å². The highest BCUT2D eigenvalue weighted by Gasteiger charge is 2.19. The van der Waals surface area contributed by atoms with Gasteiger partial charge in [0.05, 0.1) is 0 Å². The first-order valence-corrected chi connectivity index (χ1v) is 8.39. The predicted molar refractivity (Wildman–Crippen MR) is 82.5 cm³/mol. The van der Waals surface area contributed by atoms with E-state index in [0.717, 1.165) is 11.8 Å². The quantitative estimate of drug-likeness (QED) is 0.794. The van der Waals surface area contributed by atoms with Gasteiger partial charge < -0.3 is 15.1 Å². The molecule has 0 aromatic carbocycles. The summed E-state index contributed by atoms with van der Waals surface area (Å²) in [6, 6.07) is 0. The lowest BCUT2D eigenvalue weighted by atomic mass is 9.91. The largest absolute Gasteiger partial charge is 0.314 e. The van der Waals surface area contributed by atoms with Gasteiger partial charge in [-0.15, -0.1) is 0 Å². The first-order chi connectivity index (χ1) is 9.24. The van der Waals surface area contributed by atoms with E-state index < -0.39 is 0 Å².